The minimum atomic E-state index is 0.579. The van der Waals surface area contributed by atoms with Crippen molar-refractivity contribution >= 4 is 6.08 Å². The van der Waals surface area contributed by atoms with Crippen molar-refractivity contribution < 1.29 is 4.74 Å². The SMILES string of the molecule is CC(C)c1cccc2c1C(C(C)C)CCOC=C2. The summed E-state index contributed by atoms with van der Waals surface area (Å²) in [7, 11) is 0. The molecule has 0 amide bonds. The molecule has 0 fully saturated rings. The van der Waals surface area contributed by atoms with Crippen LogP contribution in [0.3, 0.4) is 0 Å². The van der Waals surface area contributed by atoms with Gasteiger partial charge in [-0.05, 0) is 46.9 Å². The predicted octanol–water partition coefficient (Wildman–Crippen LogP) is 4.94. The van der Waals surface area contributed by atoms with E-state index < -0.39 is 0 Å². The van der Waals surface area contributed by atoms with Gasteiger partial charge in [0.05, 0.1) is 12.9 Å². The molecule has 1 heteroatoms. The maximum atomic E-state index is 5.53. The van der Waals surface area contributed by atoms with Crippen molar-refractivity contribution in [3.05, 3.63) is 41.2 Å². The largest absolute Gasteiger partial charge is 0.501 e. The van der Waals surface area contributed by atoms with E-state index in [9.17, 15) is 0 Å². The number of hydrogen-bond donors (Lipinski definition) is 0. The molecule has 1 unspecified atom stereocenters. The fourth-order valence-corrected chi connectivity index (χ4v) is 2.87. The smallest absolute Gasteiger partial charge is 0.0879 e. The number of ether oxygens (including phenoxy) is 1. The van der Waals surface area contributed by atoms with E-state index in [1.807, 2.05) is 6.26 Å². The van der Waals surface area contributed by atoms with Crippen molar-refractivity contribution in [2.24, 2.45) is 5.92 Å². The van der Waals surface area contributed by atoms with Gasteiger partial charge < -0.3 is 4.74 Å². The summed E-state index contributed by atoms with van der Waals surface area (Å²) in [6.45, 7) is 10.0. The summed E-state index contributed by atoms with van der Waals surface area (Å²) in [5.41, 5.74) is 4.37. The van der Waals surface area contributed by atoms with E-state index in [1.165, 1.54) is 11.1 Å². The van der Waals surface area contributed by atoms with E-state index in [-0.39, 0.29) is 0 Å². The molecular formula is C17H24O. The molecule has 1 atom stereocenters. The van der Waals surface area contributed by atoms with E-state index in [1.54, 1.807) is 5.56 Å². The third-order valence-corrected chi connectivity index (χ3v) is 3.86. The highest BCUT2D eigenvalue weighted by atomic mass is 16.5. The molecule has 1 aliphatic heterocycles. The second-order valence-corrected chi connectivity index (χ2v) is 5.82. The van der Waals surface area contributed by atoms with Crippen molar-refractivity contribution in [3.63, 3.8) is 0 Å². The fraction of sp³-hybridized carbons (Fsp3) is 0.529. The number of fused-ring (bicyclic) bond motifs is 1. The lowest BCUT2D eigenvalue weighted by Crippen LogP contribution is -2.15. The van der Waals surface area contributed by atoms with Crippen LogP contribution < -0.4 is 0 Å². The zero-order chi connectivity index (χ0) is 13.1. The highest BCUT2D eigenvalue weighted by Crippen LogP contribution is 2.37. The Morgan fingerprint density at radius 2 is 1.94 bits per heavy atom. The lowest BCUT2D eigenvalue weighted by atomic mass is 9.78. The van der Waals surface area contributed by atoms with Crippen LogP contribution in [0.2, 0.25) is 0 Å². The molecule has 2 rings (SSSR count). The standard InChI is InChI=1S/C17H24O/c1-12(2)15-7-5-6-14-8-10-18-11-9-16(13(3)4)17(14)15/h5-8,10,12-13,16H,9,11H2,1-4H3. The molecular weight excluding hydrogens is 220 g/mol. The normalized spacial score (nSPS) is 19.3. The van der Waals surface area contributed by atoms with Gasteiger partial charge in [0.2, 0.25) is 0 Å². The van der Waals surface area contributed by atoms with Crippen LogP contribution in [0, 0.1) is 5.92 Å². The van der Waals surface area contributed by atoms with E-state index in [4.69, 9.17) is 4.74 Å². The van der Waals surface area contributed by atoms with Crippen molar-refractivity contribution in [3.8, 4) is 0 Å². The van der Waals surface area contributed by atoms with Crippen LogP contribution in [0.15, 0.2) is 24.5 Å². The second kappa shape index (κ2) is 5.60. The van der Waals surface area contributed by atoms with Crippen molar-refractivity contribution in [2.75, 3.05) is 6.61 Å². The van der Waals surface area contributed by atoms with Gasteiger partial charge in [0.15, 0.2) is 0 Å². The zero-order valence-corrected chi connectivity index (χ0v) is 11.9. The van der Waals surface area contributed by atoms with Gasteiger partial charge in [-0.25, -0.2) is 0 Å². The lowest BCUT2D eigenvalue weighted by Gasteiger charge is -2.28. The van der Waals surface area contributed by atoms with Gasteiger partial charge in [0.25, 0.3) is 0 Å². The van der Waals surface area contributed by atoms with Gasteiger partial charge in [-0.1, -0.05) is 45.9 Å². The van der Waals surface area contributed by atoms with Crippen LogP contribution >= 0.6 is 0 Å². The molecule has 18 heavy (non-hydrogen) atoms. The first-order valence-electron chi connectivity index (χ1n) is 7.02. The van der Waals surface area contributed by atoms with Gasteiger partial charge in [-0.15, -0.1) is 0 Å². The van der Waals surface area contributed by atoms with Crippen LogP contribution in [0.1, 0.15) is 62.6 Å². The molecule has 0 saturated carbocycles. The summed E-state index contributed by atoms with van der Waals surface area (Å²) in [6.07, 6.45) is 5.08. The summed E-state index contributed by atoms with van der Waals surface area (Å²) in [4.78, 5) is 0. The molecule has 0 radical (unpaired) electrons. The van der Waals surface area contributed by atoms with E-state index in [2.05, 4.69) is 52.0 Å². The van der Waals surface area contributed by atoms with Crippen LogP contribution in [0.4, 0.5) is 0 Å². The quantitative estimate of drug-likeness (QED) is 0.716. The number of hydrogen-bond acceptors (Lipinski definition) is 1. The van der Waals surface area contributed by atoms with Crippen LogP contribution in [0.5, 0.6) is 0 Å². The number of rotatable bonds is 2. The molecule has 0 N–H and O–H groups in total. The third kappa shape index (κ3) is 2.60. The molecule has 0 bridgehead atoms. The van der Waals surface area contributed by atoms with Gasteiger partial charge >= 0.3 is 0 Å². The molecule has 98 valence electrons. The Morgan fingerprint density at radius 3 is 2.61 bits per heavy atom. The minimum absolute atomic E-state index is 0.579. The highest BCUT2D eigenvalue weighted by Gasteiger charge is 2.23. The van der Waals surface area contributed by atoms with E-state index >= 15 is 0 Å². The van der Waals surface area contributed by atoms with E-state index in [0.717, 1.165) is 13.0 Å². The Morgan fingerprint density at radius 1 is 1.17 bits per heavy atom. The fourth-order valence-electron chi connectivity index (χ4n) is 2.87. The van der Waals surface area contributed by atoms with Crippen molar-refractivity contribution in [2.45, 2.75) is 46.0 Å². The topological polar surface area (TPSA) is 9.23 Å². The van der Waals surface area contributed by atoms with Crippen LogP contribution in [0.25, 0.3) is 6.08 Å². The summed E-state index contributed by atoms with van der Waals surface area (Å²) in [5, 5.41) is 0. The lowest BCUT2D eigenvalue weighted by molar-refractivity contribution is 0.225. The molecule has 1 aromatic rings. The van der Waals surface area contributed by atoms with Crippen molar-refractivity contribution in [1.82, 2.24) is 0 Å². The molecule has 0 aromatic heterocycles. The predicted molar refractivity (Wildman–Crippen MR) is 77.7 cm³/mol. The minimum Gasteiger partial charge on any atom is -0.501 e. The van der Waals surface area contributed by atoms with Crippen LogP contribution in [-0.4, -0.2) is 6.61 Å². The zero-order valence-electron chi connectivity index (χ0n) is 11.9. The molecule has 0 saturated heterocycles. The first kappa shape index (κ1) is 13.2. The Hall–Kier alpha value is -1.24. The molecule has 1 nitrogen and oxygen atoms in total. The Bertz CT molecular complexity index is 429. The Labute approximate surface area is 111 Å². The Balaban J connectivity index is 2.58. The monoisotopic (exact) mass is 244 g/mol. The summed E-state index contributed by atoms with van der Waals surface area (Å²) in [5.74, 6) is 1.83. The highest BCUT2D eigenvalue weighted by molar-refractivity contribution is 5.57. The second-order valence-electron chi connectivity index (χ2n) is 5.82. The van der Waals surface area contributed by atoms with Gasteiger partial charge in [-0.3, -0.25) is 0 Å². The maximum absolute atomic E-state index is 5.53. The number of benzene rings is 1. The van der Waals surface area contributed by atoms with E-state index in [0.29, 0.717) is 17.8 Å². The third-order valence-electron chi connectivity index (χ3n) is 3.86. The van der Waals surface area contributed by atoms with Crippen molar-refractivity contribution in [1.29, 1.82) is 0 Å². The molecule has 1 aliphatic rings. The molecule has 0 spiro atoms. The first-order chi connectivity index (χ1) is 8.61. The molecule has 0 aliphatic carbocycles. The summed E-state index contributed by atoms with van der Waals surface area (Å²) < 4.78 is 5.53. The average Bonchev–Trinajstić information content (AvgIpc) is 2.28. The van der Waals surface area contributed by atoms with Crippen LogP contribution in [-0.2, 0) is 4.74 Å². The van der Waals surface area contributed by atoms with Gasteiger partial charge in [-0.2, -0.15) is 0 Å². The first-order valence-corrected chi connectivity index (χ1v) is 7.02. The average molecular weight is 244 g/mol. The molecule has 1 aromatic carbocycles. The Kier molecular flexibility index (Phi) is 4.11. The molecule has 1 heterocycles. The summed E-state index contributed by atoms with van der Waals surface area (Å²) >= 11 is 0. The van der Waals surface area contributed by atoms with Gasteiger partial charge in [0, 0.05) is 0 Å². The van der Waals surface area contributed by atoms with Gasteiger partial charge in [0.1, 0.15) is 0 Å². The summed E-state index contributed by atoms with van der Waals surface area (Å²) in [6, 6.07) is 6.66. The maximum Gasteiger partial charge on any atom is 0.0879 e.